The number of aromatic nitrogens is 5. The number of hydrogen-bond acceptors (Lipinski definition) is 5. The van der Waals surface area contributed by atoms with Crippen molar-refractivity contribution in [2.24, 2.45) is 0 Å². The van der Waals surface area contributed by atoms with Crippen molar-refractivity contribution in [2.45, 2.75) is 52.3 Å². The fourth-order valence-electron chi connectivity index (χ4n) is 4.29. The van der Waals surface area contributed by atoms with Gasteiger partial charge >= 0.3 is 0 Å². The Morgan fingerprint density at radius 3 is 2.86 bits per heavy atom. The summed E-state index contributed by atoms with van der Waals surface area (Å²) in [6.07, 6.45) is 2.20. The molecule has 8 nitrogen and oxygen atoms in total. The summed E-state index contributed by atoms with van der Waals surface area (Å²) in [4.78, 5) is 17.4. The Balaban J connectivity index is 1.81. The number of nitrogens with one attached hydrogen (secondary N) is 2. The molecule has 4 rings (SSSR count). The van der Waals surface area contributed by atoms with Crippen LogP contribution in [0.15, 0.2) is 29.1 Å². The van der Waals surface area contributed by atoms with Crippen molar-refractivity contribution in [2.75, 3.05) is 19.7 Å². The number of rotatable bonds is 7. The molecule has 1 aliphatic rings. The Hall–Kier alpha value is -2.58. The van der Waals surface area contributed by atoms with Gasteiger partial charge in [-0.3, -0.25) is 4.79 Å². The average Bonchev–Trinajstić information content (AvgIpc) is 3.39. The Kier molecular flexibility index (Phi) is 5.73. The van der Waals surface area contributed by atoms with Gasteiger partial charge in [-0.25, -0.2) is 4.68 Å². The van der Waals surface area contributed by atoms with Crippen LogP contribution in [0.2, 0.25) is 0 Å². The smallest absolute Gasteiger partial charge is 0.258 e. The average molecular weight is 398 g/mol. The molecule has 0 spiro atoms. The normalized spacial score (nSPS) is 18.0. The van der Waals surface area contributed by atoms with E-state index in [0.717, 1.165) is 54.8 Å². The standard InChI is InChI=1S/C21H28N6O2/c1-4-26(5-2)19(20-23-24-25-27(20)13-16-7-6-10-29-16)17-12-15-11-14(3)8-9-18(15)22-21(17)28/h8-9,11-12,16,19H,4-7,10,13H2,1-3H3,(H,22,28)/p+1/t16-,19+/m0/s1. The summed E-state index contributed by atoms with van der Waals surface area (Å²) in [6, 6.07) is 7.82. The largest absolute Gasteiger partial charge is 0.376 e. The van der Waals surface area contributed by atoms with E-state index in [0.29, 0.717) is 12.1 Å². The van der Waals surface area contributed by atoms with E-state index in [4.69, 9.17) is 4.74 Å². The number of nitrogens with zero attached hydrogens (tertiary/aromatic N) is 4. The first-order valence-corrected chi connectivity index (χ1v) is 10.5. The van der Waals surface area contributed by atoms with Gasteiger partial charge in [0.25, 0.3) is 5.56 Å². The quantitative estimate of drug-likeness (QED) is 0.621. The summed E-state index contributed by atoms with van der Waals surface area (Å²) in [6.45, 7) is 9.43. The monoisotopic (exact) mass is 397 g/mol. The van der Waals surface area contributed by atoms with Gasteiger partial charge in [0.2, 0.25) is 5.82 Å². The molecule has 2 N–H and O–H groups in total. The first-order chi connectivity index (χ1) is 14.1. The zero-order chi connectivity index (χ0) is 20.4. The fraction of sp³-hybridized carbons (Fsp3) is 0.524. The molecule has 2 atom stereocenters. The summed E-state index contributed by atoms with van der Waals surface area (Å²) >= 11 is 0. The number of hydrogen-bond donors (Lipinski definition) is 2. The summed E-state index contributed by atoms with van der Waals surface area (Å²) in [5.74, 6) is 0.719. The molecule has 3 heterocycles. The number of quaternary nitrogens is 1. The van der Waals surface area contributed by atoms with Gasteiger partial charge in [0.15, 0.2) is 6.04 Å². The topological polar surface area (TPSA) is 90.1 Å². The first-order valence-electron chi connectivity index (χ1n) is 10.5. The number of ether oxygens (including phenoxy) is 1. The lowest BCUT2D eigenvalue weighted by Crippen LogP contribution is -3.12. The number of benzene rings is 1. The van der Waals surface area contributed by atoms with Crippen molar-refractivity contribution < 1.29 is 9.64 Å². The number of pyridine rings is 1. The molecule has 0 bridgehead atoms. The van der Waals surface area contributed by atoms with Crippen LogP contribution < -0.4 is 10.5 Å². The van der Waals surface area contributed by atoms with Crippen LogP contribution in [-0.4, -0.2) is 51.0 Å². The van der Waals surface area contributed by atoms with Crippen LogP contribution in [0.1, 0.15) is 49.7 Å². The number of fused-ring (bicyclic) bond motifs is 1. The van der Waals surface area contributed by atoms with E-state index in [1.165, 1.54) is 4.90 Å². The van der Waals surface area contributed by atoms with E-state index in [2.05, 4.69) is 47.3 Å². The van der Waals surface area contributed by atoms with Crippen molar-refractivity contribution in [3.63, 3.8) is 0 Å². The Labute approximate surface area is 169 Å². The van der Waals surface area contributed by atoms with Gasteiger partial charge < -0.3 is 14.6 Å². The van der Waals surface area contributed by atoms with E-state index < -0.39 is 0 Å². The number of aromatic amines is 1. The van der Waals surface area contributed by atoms with Gasteiger partial charge in [-0.15, -0.1) is 5.10 Å². The van der Waals surface area contributed by atoms with Gasteiger partial charge in [0, 0.05) is 12.1 Å². The molecule has 2 aromatic heterocycles. The SMILES string of the molecule is CC[NH+](CC)[C@H](c1cc2cc(C)ccc2[nH]c1=O)c1nnnn1C[C@@H]1CCCO1. The van der Waals surface area contributed by atoms with Crippen LogP contribution in [0.4, 0.5) is 0 Å². The minimum Gasteiger partial charge on any atom is -0.376 e. The Bertz CT molecular complexity index is 1030. The Morgan fingerprint density at radius 2 is 2.14 bits per heavy atom. The molecule has 0 unspecified atom stereocenters. The minimum absolute atomic E-state index is 0.0857. The van der Waals surface area contributed by atoms with Crippen molar-refractivity contribution in [1.82, 2.24) is 25.2 Å². The number of H-pyrrole nitrogens is 1. The fourth-order valence-corrected chi connectivity index (χ4v) is 4.29. The molecule has 3 aromatic rings. The second-order valence-electron chi connectivity index (χ2n) is 7.80. The Morgan fingerprint density at radius 1 is 1.31 bits per heavy atom. The van der Waals surface area contributed by atoms with Crippen LogP contribution in [-0.2, 0) is 11.3 Å². The van der Waals surface area contributed by atoms with Gasteiger partial charge in [0.05, 0.1) is 31.3 Å². The van der Waals surface area contributed by atoms with E-state index in [9.17, 15) is 4.79 Å². The molecule has 8 heteroatoms. The number of tetrazole rings is 1. The molecule has 0 amide bonds. The van der Waals surface area contributed by atoms with Crippen LogP contribution >= 0.6 is 0 Å². The van der Waals surface area contributed by atoms with E-state index in [1.54, 1.807) is 0 Å². The molecule has 0 radical (unpaired) electrons. The molecule has 0 aliphatic carbocycles. The molecule has 154 valence electrons. The van der Waals surface area contributed by atoms with Crippen LogP contribution in [0.5, 0.6) is 0 Å². The maximum absolute atomic E-state index is 13.1. The predicted octanol–water partition coefficient (Wildman–Crippen LogP) is 1.02. The molecule has 29 heavy (non-hydrogen) atoms. The highest BCUT2D eigenvalue weighted by molar-refractivity contribution is 5.79. The second kappa shape index (κ2) is 8.42. The third kappa shape index (κ3) is 3.95. The van der Waals surface area contributed by atoms with Crippen molar-refractivity contribution in [3.05, 3.63) is 51.6 Å². The molecular weight excluding hydrogens is 368 g/mol. The summed E-state index contributed by atoms with van der Waals surface area (Å²) < 4.78 is 7.61. The maximum Gasteiger partial charge on any atom is 0.258 e. The van der Waals surface area contributed by atoms with Crippen LogP contribution in [0.25, 0.3) is 10.9 Å². The van der Waals surface area contributed by atoms with Gasteiger partial charge in [-0.2, -0.15) is 0 Å². The van der Waals surface area contributed by atoms with Crippen molar-refractivity contribution in [3.8, 4) is 0 Å². The first kappa shape index (κ1) is 19.7. The molecular formula is C21H29N6O2+. The summed E-state index contributed by atoms with van der Waals surface area (Å²) in [7, 11) is 0. The second-order valence-corrected chi connectivity index (χ2v) is 7.80. The zero-order valence-corrected chi connectivity index (χ0v) is 17.3. The lowest BCUT2D eigenvalue weighted by atomic mass is 10.0. The lowest BCUT2D eigenvalue weighted by Gasteiger charge is -2.26. The van der Waals surface area contributed by atoms with Gasteiger partial charge in [-0.05, 0) is 67.6 Å². The third-order valence-corrected chi connectivity index (χ3v) is 5.87. The maximum atomic E-state index is 13.1. The summed E-state index contributed by atoms with van der Waals surface area (Å²) in [5, 5.41) is 13.6. The van der Waals surface area contributed by atoms with Crippen LogP contribution in [0, 0.1) is 6.92 Å². The molecule has 0 saturated carbocycles. The third-order valence-electron chi connectivity index (χ3n) is 5.87. The highest BCUT2D eigenvalue weighted by Crippen LogP contribution is 2.21. The minimum atomic E-state index is -0.241. The van der Waals surface area contributed by atoms with Crippen molar-refractivity contribution >= 4 is 10.9 Å². The summed E-state index contributed by atoms with van der Waals surface area (Å²) in [5.41, 5.74) is 2.62. The number of aryl methyl sites for hydroxylation is 1. The van der Waals surface area contributed by atoms with E-state index >= 15 is 0 Å². The van der Waals surface area contributed by atoms with Gasteiger partial charge in [0.1, 0.15) is 0 Å². The van der Waals surface area contributed by atoms with E-state index in [1.807, 2.05) is 22.9 Å². The highest BCUT2D eigenvalue weighted by atomic mass is 16.5. The predicted molar refractivity (Wildman–Crippen MR) is 110 cm³/mol. The molecule has 1 aliphatic heterocycles. The zero-order valence-electron chi connectivity index (χ0n) is 17.3. The lowest BCUT2D eigenvalue weighted by molar-refractivity contribution is -0.923. The highest BCUT2D eigenvalue weighted by Gasteiger charge is 2.33. The molecule has 1 fully saturated rings. The van der Waals surface area contributed by atoms with Gasteiger partial charge in [-0.1, -0.05) is 11.6 Å². The van der Waals surface area contributed by atoms with E-state index in [-0.39, 0.29) is 17.7 Å². The van der Waals surface area contributed by atoms with Crippen LogP contribution in [0.3, 0.4) is 0 Å². The van der Waals surface area contributed by atoms with Crippen molar-refractivity contribution in [1.29, 1.82) is 0 Å². The molecule has 1 saturated heterocycles. The molecule has 1 aromatic carbocycles.